The van der Waals surface area contributed by atoms with Crippen molar-refractivity contribution in [2.24, 2.45) is 0 Å². The molecule has 0 aliphatic carbocycles. The number of carbonyl (C=O) groups is 3. The highest BCUT2D eigenvalue weighted by molar-refractivity contribution is 6.05. The maximum atomic E-state index is 12.6. The van der Waals surface area contributed by atoms with Crippen LogP contribution in [0.25, 0.3) is 0 Å². The molecule has 2 aromatic carbocycles. The topological polar surface area (TPSA) is 78.5 Å². The summed E-state index contributed by atoms with van der Waals surface area (Å²) < 4.78 is 0. The highest BCUT2D eigenvalue weighted by Crippen LogP contribution is 2.36. The van der Waals surface area contributed by atoms with Crippen LogP contribution in [0.5, 0.6) is 0 Å². The molecular weight excluding hydrogens is 354 g/mol. The molecule has 1 aliphatic rings. The van der Waals surface area contributed by atoms with E-state index in [4.69, 9.17) is 0 Å². The first kappa shape index (κ1) is 19.6. The number of anilines is 2. The molecule has 1 saturated heterocycles. The van der Waals surface area contributed by atoms with Gasteiger partial charge in [0.1, 0.15) is 0 Å². The number of benzene rings is 2. The molecule has 0 bridgehead atoms. The third kappa shape index (κ3) is 3.76. The zero-order valence-corrected chi connectivity index (χ0v) is 16.4. The Morgan fingerprint density at radius 3 is 2.46 bits per heavy atom. The number of amides is 3. The van der Waals surface area contributed by atoms with Gasteiger partial charge in [-0.15, -0.1) is 0 Å². The van der Waals surface area contributed by atoms with E-state index in [2.05, 4.69) is 10.6 Å². The fourth-order valence-corrected chi connectivity index (χ4v) is 3.57. The van der Waals surface area contributed by atoms with Crippen molar-refractivity contribution in [1.29, 1.82) is 0 Å². The lowest BCUT2D eigenvalue weighted by Crippen LogP contribution is -2.51. The van der Waals surface area contributed by atoms with E-state index in [0.29, 0.717) is 30.5 Å². The van der Waals surface area contributed by atoms with Crippen LogP contribution in [-0.2, 0) is 15.0 Å². The van der Waals surface area contributed by atoms with Gasteiger partial charge in [-0.1, -0.05) is 25.1 Å². The molecule has 28 heavy (non-hydrogen) atoms. The molecular formula is C22H25N3O3. The van der Waals surface area contributed by atoms with Gasteiger partial charge in [0, 0.05) is 37.5 Å². The molecule has 3 rings (SSSR count). The highest BCUT2D eigenvalue weighted by Gasteiger charge is 2.42. The third-order valence-corrected chi connectivity index (χ3v) is 5.39. The average Bonchev–Trinajstić information content (AvgIpc) is 2.69. The second-order valence-electron chi connectivity index (χ2n) is 7.29. The van der Waals surface area contributed by atoms with E-state index in [1.165, 1.54) is 0 Å². The summed E-state index contributed by atoms with van der Waals surface area (Å²) in [6, 6.07) is 14.7. The van der Waals surface area contributed by atoms with Gasteiger partial charge in [0.25, 0.3) is 5.91 Å². The molecule has 0 aromatic heterocycles. The van der Waals surface area contributed by atoms with Crippen molar-refractivity contribution >= 4 is 29.1 Å². The quantitative estimate of drug-likeness (QED) is 0.783. The zero-order valence-electron chi connectivity index (χ0n) is 16.4. The maximum absolute atomic E-state index is 12.6. The van der Waals surface area contributed by atoms with Crippen LogP contribution in [0.1, 0.15) is 42.1 Å². The second-order valence-corrected chi connectivity index (χ2v) is 7.29. The lowest BCUT2D eigenvalue weighted by atomic mass is 9.72. The van der Waals surface area contributed by atoms with Gasteiger partial charge in [-0.05, 0) is 48.7 Å². The number of hydrogen-bond donors (Lipinski definition) is 2. The first-order valence-electron chi connectivity index (χ1n) is 9.39. The molecule has 1 heterocycles. The molecule has 0 radical (unpaired) electrons. The molecule has 6 heteroatoms. The van der Waals surface area contributed by atoms with E-state index in [1.54, 1.807) is 18.2 Å². The largest absolute Gasteiger partial charge is 0.378 e. The number of imide groups is 1. The fraction of sp³-hybridized carbons (Fsp3) is 0.318. The normalized spacial score (nSPS) is 19.1. The zero-order chi connectivity index (χ0) is 20.3. The molecule has 6 nitrogen and oxygen atoms in total. The Bertz CT molecular complexity index is 905. The van der Waals surface area contributed by atoms with Crippen LogP contribution in [0.2, 0.25) is 0 Å². The molecule has 1 atom stereocenters. The third-order valence-electron chi connectivity index (χ3n) is 5.39. The standard InChI is InChI=1S/C22H25N3O3/c1-4-22(13-12-19(26)24-21(22)28)16-8-10-17(11-9-16)23-20(27)15-6-5-7-18(14-15)25(2)3/h5-11,14H,4,12-13H2,1-3H3,(H,23,27)(H,24,26,28). The lowest BCUT2D eigenvalue weighted by Gasteiger charge is -2.35. The van der Waals surface area contributed by atoms with Gasteiger partial charge >= 0.3 is 0 Å². The summed E-state index contributed by atoms with van der Waals surface area (Å²) in [5.41, 5.74) is 2.34. The number of rotatable bonds is 5. The Kier molecular flexibility index (Phi) is 5.49. The number of hydrogen-bond acceptors (Lipinski definition) is 4. The molecule has 0 spiro atoms. The molecule has 146 valence electrons. The van der Waals surface area contributed by atoms with E-state index in [1.807, 2.05) is 56.3 Å². The summed E-state index contributed by atoms with van der Waals surface area (Å²) in [6.07, 6.45) is 1.44. The van der Waals surface area contributed by atoms with Gasteiger partial charge in [-0.3, -0.25) is 19.7 Å². The maximum Gasteiger partial charge on any atom is 0.255 e. The van der Waals surface area contributed by atoms with Crippen LogP contribution >= 0.6 is 0 Å². The summed E-state index contributed by atoms with van der Waals surface area (Å²) in [6.45, 7) is 1.95. The van der Waals surface area contributed by atoms with Crippen LogP contribution < -0.4 is 15.5 Å². The van der Waals surface area contributed by atoms with E-state index < -0.39 is 5.41 Å². The average molecular weight is 379 g/mol. The van der Waals surface area contributed by atoms with Crippen molar-refractivity contribution in [3.63, 3.8) is 0 Å². The predicted molar refractivity (Wildman–Crippen MR) is 110 cm³/mol. The molecule has 3 amide bonds. The molecule has 2 aromatic rings. The molecule has 2 N–H and O–H groups in total. The number of nitrogens with one attached hydrogen (secondary N) is 2. The van der Waals surface area contributed by atoms with Crippen molar-refractivity contribution < 1.29 is 14.4 Å². The van der Waals surface area contributed by atoms with Crippen LogP contribution in [0.15, 0.2) is 48.5 Å². The summed E-state index contributed by atoms with van der Waals surface area (Å²) >= 11 is 0. The van der Waals surface area contributed by atoms with Crippen molar-refractivity contribution in [3.8, 4) is 0 Å². The summed E-state index contributed by atoms with van der Waals surface area (Å²) in [4.78, 5) is 38.5. The Labute approximate surface area is 164 Å². The Hall–Kier alpha value is -3.15. The number of nitrogens with zero attached hydrogens (tertiary/aromatic N) is 1. The SMILES string of the molecule is CCC1(c2ccc(NC(=O)c3cccc(N(C)C)c3)cc2)CCC(=O)NC1=O. The van der Waals surface area contributed by atoms with E-state index in [-0.39, 0.29) is 17.7 Å². The van der Waals surface area contributed by atoms with Gasteiger partial charge in [0.15, 0.2) is 0 Å². The van der Waals surface area contributed by atoms with Gasteiger partial charge in [0.2, 0.25) is 11.8 Å². The minimum atomic E-state index is -0.698. The van der Waals surface area contributed by atoms with Gasteiger partial charge in [-0.2, -0.15) is 0 Å². The molecule has 0 saturated carbocycles. The van der Waals surface area contributed by atoms with E-state index >= 15 is 0 Å². The molecule has 1 aliphatic heterocycles. The number of carbonyl (C=O) groups excluding carboxylic acids is 3. The first-order chi connectivity index (χ1) is 13.4. The Morgan fingerprint density at radius 2 is 1.86 bits per heavy atom. The molecule has 1 unspecified atom stereocenters. The minimum Gasteiger partial charge on any atom is -0.378 e. The lowest BCUT2D eigenvalue weighted by molar-refractivity contribution is -0.138. The molecule has 1 fully saturated rings. The van der Waals surface area contributed by atoms with E-state index in [9.17, 15) is 14.4 Å². The number of piperidine rings is 1. The van der Waals surface area contributed by atoms with Crippen molar-refractivity contribution in [1.82, 2.24) is 5.32 Å². The monoisotopic (exact) mass is 379 g/mol. The second kappa shape index (κ2) is 7.84. The van der Waals surface area contributed by atoms with Crippen LogP contribution in [0.4, 0.5) is 11.4 Å². The summed E-state index contributed by atoms with van der Waals surface area (Å²) in [5.74, 6) is -0.663. The van der Waals surface area contributed by atoms with Crippen LogP contribution in [0.3, 0.4) is 0 Å². The van der Waals surface area contributed by atoms with Crippen molar-refractivity contribution in [2.45, 2.75) is 31.6 Å². The predicted octanol–water partition coefficient (Wildman–Crippen LogP) is 3.09. The minimum absolute atomic E-state index is 0.192. The smallest absolute Gasteiger partial charge is 0.255 e. The van der Waals surface area contributed by atoms with Gasteiger partial charge in [0.05, 0.1) is 5.41 Å². The Morgan fingerprint density at radius 1 is 1.14 bits per heavy atom. The highest BCUT2D eigenvalue weighted by atomic mass is 16.2. The van der Waals surface area contributed by atoms with Gasteiger partial charge < -0.3 is 10.2 Å². The van der Waals surface area contributed by atoms with Crippen LogP contribution in [-0.4, -0.2) is 31.8 Å². The van der Waals surface area contributed by atoms with Crippen molar-refractivity contribution in [2.75, 3.05) is 24.3 Å². The summed E-state index contributed by atoms with van der Waals surface area (Å²) in [5, 5.41) is 5.34. The first-order valence-corrected chi connectivity index (χ1v) is 9.39. The Balaban J connectivity index is 1.77. The van der Waals surface area contributed by atoms with Crippen molar-refractivity contribution in [3.05, 3.63) is 59.7 Å². The fourth-order valence-electron chi connectivity index (χ4n) is 3.57. The van der Waals surface area contributed by atoms with Gasteiger partial charge in [-0.25, -0.2) is 0 Å². The van der Waals surface area contributed by atoms with E-state index in [0.717, 1.165) is 11.3 Å². The van der Waals surface area contributed by atoms with Crippen LogP contribution in [0, 0.1) is 0 Å². The summed E-state index contributed by atoms with van der Waals surface area (Å²) in [7, 11) is 3.85.